The minimum Gasteiger partial charge on any atom is -0.458 e. The van der Waals surface area contributed by atoms with E-state index >= 15 is 0 Å². The molecule has 0 aliphatic carbocycles. The number of hydrogen-bond acceptors (Lipinski definition) is 12. The van der Waals surface area contributed by atoms with E-state index in [1.54, 1.807) is 27.9 Å². The summed E-state index contributed by atoms with van der Waals surface area (Å²) in [7, 11) is 5.31. The summed E-state index contributed by atoms with van der Waals surface area (Å²) in [5.74, 6) is -4.78. The van der Waals surface area contributed by atoms with Crippen molar-refractivity contribution in [3.8, 4) is 11.1 Å². The zero-order valence-corrected chi connectivity index (χ0v) is 35.6. The molecule has 0 radical (unpaired) electrons. The lowest BCUT2D eigenvalue weighted by Gasteiger charge is -2.46. The Morgan fingerprint density at radius 3 is 2.14 bits per heavy atom. The van der Waals surface area contributed by atoms with Crippen molar-refractivity contribution in [3.63, 3.8) is 0 Å². The molecule has 0 amide bonds. The number of likely N-dealkylation sites (N-methyl/N-ethyl adjacent to an activating group) is 1. The first-order valence-corrected chi connectivity index (χ1v) is 20.1. The van der Waals surface area contributed by atoms with Gasteiger partial charge in [0.05, 0.1) is 30.4 Å². The molecule has 2 N–H and O–H groups in total. The Labute approximate surface area is 334 Å². The van der Waals surface area contributed by atoms with Crippen molar-refractivity contribution in [1.29, 1.82) is 0 Å². The largest absolute Gasteiger partial charge is 0.458 e. The van der Waals surface area contributed by atoms with E-state index in [0.717, 1.165) is 23.1 Å². The highest BCUT2D eigenvalue weighted by Gasteiger charge is 2.49. The van der Waals surface area contributed by atoms with Crippen LogP contribution in [0.2, 0.25) is 0 Å². The molecule has 12 unspecified atom stereocenters. The summed E-state index contributed by atoms with van der Waals surface area (Å²) in [4.78, 5) is 43.2. The van der Waals surface area contributed by atoms with Crippen molar-refractivity contribution >= 4 is 17.5 Å². The molecule has 2 aromatic rings. The SMILES string of the molecule is CCCC(C)(OC)C(OC1OC(C)CC(N(C)C)C1O)C(C)C(=O)C(C)C(=O)OC(CC)C(C)(O)C(=O)C(C)CN=NC(C)c1ccc(-c2ccccc2)cc1. The van der Waals surface area contributed by atoms with Crippen LogP contribution in [0.1, 0.15) is 99.6 Å². The first kappa shape index (κ1) is 47.0. The van der Waals surface area contributed by atoms with Crippen LogP contribution in [0, 0.1) is 17.8 Å². The van der Waals surface area contributed by atoms with Crippen LogP contribution in [0.25, 0.3) is 11.1 Å². The van der Waals surface area contributed by atoms with Crippen LogP contribution in [0.15, 0.2) is 64.8 Å². The summed E-state index contributed by atoms with van der Waals surface area (Å²) in [6, 6.07) is 17.7. The maximum atomic E-state index is 14.1. The van der Waals surface area contributed by atoms with Gasteiger partial charge in [0.1, 0.15) is 18.1 Å². The molecule has 12 atom stereocenters. The number of carbonyl (C=O) groups excluding carboxylic acids is 3. The molecule has 1 aliphatic rings. The van der Waals surface area contributed by atoms with Crippen molar-refractivity contribution in [2.24, 2.45) is 28.0 Å². The van der Waals surface area contributed by atoms with Crippen LogP contribution in [0.5, 0.6) is 0 Å². The van der Waals surface area contributed by atoms with Gasteiger partial charge in [-0.2, -0.15) is 10.2 Å². The van der Waals surface area contributed by atoms with E-state index in [9.17, 15) is 24.6 Å². The standard InChI is InChI=1S/C44H67N3O9/c1-13-24-43(8,53-12)40(56-42-38(49)35(47(10)11)25-28(4)54-42)29(5)37(48)30(6)41(51)55-36(14-2)44(9,52)39(50)27(3)26-45-46-31(7)32-20-22-34(23-21-32)33-18-16-15-17-19-33/h15-23,27-31,35-36,38,40,42,49,52H,13-14,24-26H2,1-12H3. The van der Waals surface area contributed by atoms with Crippen molar-refractivity contribution < 1.29 is 43.5 Å². The molecule has 1 heterocycles. The molecule has 56 heavy (non-hydrogen) atoms. The molecule has 2 aromatic carbocycles. The van der Waals surface area contributed by atoms with Crippen molar-refractivity contribution in [2.75, 3.05) is 27.7 Å². The number of methoxy groups -OCH3 is 1. The molecule has 1 aliphatic heterocycles. The molecule has 1 fully saturated rings. The Morgan fingerprint density at radius 1 is 0.982 bits per heavy atom. The smallest absolute Gasteiger partial charge is 0.316 e. The molecule has 1 saturated heterocycles. The van der Waals surface area contributed by atoms with E-state index < -0.39 is 71.1 Å². The fraction of sp³-hybridized carbons (Fsp3) is 0.659. The number of nitrogens with zero attached hydrogens (tertiary/aromatic N) is 3. The van der Waals surface area contributed by atoms with E-state index in [2.05, 4.69) is 22.4 Å². The Kier molecular flexibility index (Phi) is 17.5. The molecular weight excluding hydrogens is 714 g/mol. The number of benzene rings is 2. The number of azo groups is 1. The molecule has 12 nitrogen and oxygen atoms in total. The molecule has 0 spiro atoms. The van der Waals surface area contributed by atoms with Gasteiger partial charge in [0, 0.05) is 25.0 Å². The van der Waals surface area contributed by atoms with E-state index in [1.807, 2.05) is 89.2 Å². The zero-order chi connectivity index (χ0) is 42.0. The third-order valence-electron chi connectivity index (χ3n) is 11.4. The van der Waals surface area contributed by atoms with Gasteiger partial charge in [-0.3, -0.25) is 14.4 Å². The summed E-state index contributed by atoms with van der Waals surface area (Å²) in [6.07, 6.45) is -2.40. The Bertz CT molecular complexity index is 1580. The van der Waals surface area contributed by atoms with Crippen LogP contribution >= 0.6 is 0 Å². The van der Waals surface area contributed by atoms with Gasteiger partial charge in [0.25, 0.3) is 0 Å². The minimum absolute atomic E-state index is 0.0308. The monoisotopic (exact) mass is 781 g/mol. The predicted molar refractivity (Wildman–Crippen MR) is 216 cm³/mol. The summed E-state index contributed by atoms with van der Waals surface area (Å²) < 4.78 is 24.2. The van der Waals surface area contributed by atoms with Crippen LogP contribution in [-0.4, -0.2) is 108 Å². The second-order valence-electron chi connectivity index (χ2n) is 16.2. The number of ether oxygens (including phenoxy) is 4. The lowest BCUT2D eigenvalue weighted by molar-refractivity contribution is -0.294. The van der Waals surface area contributed by atoms with Gasteiger partial charge in [-0.25, -0.2) is 0 Å². The Morgan fingerprint density at radius 2 is 1.59 bits per heavy atom. The highest BCUT2D eigenvalue weighted by molar-refractivity contribution is 6.00. The van der Waals surface area contributed by atoms with Gasteiger partial charge >= 0.3 is 5.97 Å². The van der Waals surface area contributed by atoms with E-state index in [-0.39, 0.29) is 31.2 Å². The van der Waals surface area contributed by atoms with Crippen molar-refractivity contribution in [3.05, 3.63) is 60.2 Å². The Balaban J connectivity index is 1.69. The predicted octanol–water partition coefficient (Wildman–Crippen LogP) is 7.00. The number of carbonyl (C=O) groups is 3. The van der Waals surface area contributed by atoms with Gasteiger partial charge in [0.15, 0.2) is 23.5 Å². The minimum atomic E-state index is -2.05. The molecule has 312 valence electrons. The molecular formula is C44H67N3O9. The first-order chi connectivity index (χ1) is 26.3. The van der Waals surface area contributed by atoms with E-state index in [4.69, 9.17) is 18.9 Å². The summed E-state index contributed by atoms with van der Waals surface area (Å²) >= 11 is 0. The van der Waals surface area contributed by atoms with Gasteiger partial charge in [0.2, 0.25) is 0 Å². The summed E-state index contributed by atoms with van der Waals surface area (Å²) in [6.45, 7) is 15.5. The molecule has 0 bridgehead atoms. The molecule has 0 saturated carbocycles. The van der Waals surface area contributed by atoms with Crippen LogP contribution in [0.4, 0.5) is 0 Å². The zero-order valence-electron chi connectivity index (χ0n) is 35.6. The second-order valence-corrected chi connectivity index (χ2v) is 16.2. The summed E-state index contributed by atoms with van der Waals surface area (Å²) in [5, 5.41) is 31.5. The highest BCUT2D eigenvalue weighted by atomic mass is 16.7. The number of ketones is 2. The summed E-state index contributed by atoms with van der Waals surface area (Å²) in [5.41, 5.74) is 0.165. The van der Waals surface area contributed by atoms with Crippen LogP contribution < -0.4 is 0 Å². The maximum absolute atomic E-state index is 14.1. The quantitative estimate of drug-likeness (QED) is 0.0768. The molecule has 3 rings (SSSR count). The van der Waals surface area contributed by atoms with Crippen molar-refractivity contribution in [1.82, 2.24) is 4.90 Å². The second kappa shape index (κ2) is 20.9. The number of aliphatic hydroxyl groups is 2. The average molecular weight is 782 g/mol. The average Bonchev–Trinajstić information content (AvgIpc) is 3.18. The third-order valence-corrected chi connectivity index (χ3v) is 11.4. The number of aliphatic hydroxyl groups excluding tert-OH is 1. The van der Waals surface area contributed by atoms with Gasteiger partial charge < -0.3 is 34.1 Å². The topological polar surface area (TPSA) is 157 Å². The van der Waals surface area contributed by atoms with Gasteiger partial charge in [-0.1, -0.05) is 88.7 Å². The number of Topliss-reactive ketones (excluding diaryl/α,β-unsaturated/α-hetero) is 2. The van der Waals surface area contributed by atoms with Crippen LogP contribution in [0.3, 0.4) is 0 Å². The molecule has 12 heteroatoms. The highest BCUT2D eigenvalue weighted by Crippen LogP contribution is 2.35. The van der Waals surface area contributed by atoms with Crippen molar-refractivity contribution in [2.45, 2.75) is 142 Å². The first-order valence-electron chi connectivity index (χ1n) is 20.1. The van der Waals surface area contributed by atoms with Gasteiger partial charge in [-0.15, -0.1) is 0 Å². The lowest BCUT2D eigenvalue weighted by atomic mass is 9.80. The number of rotatable bonds is 21. The van der Waals surface area contributed by atoms with Gasteiger partial charge in [-0.05, 0) is 84.7 Å². The third kappa shape index (κ3) is 11.6. The maximum Gasteiger partial charge on any atom is 0.316 e. The lowest BCUT2D eigenvalue weighted by Crippen LogP contribution is -2.58. The Hall–Kier alpha value is -3.39. The number of esters is 1. The number of hydrogen-bond donors (Lipinski definition) is 2. The fourth-order valence-electron chi connectivity index (χ4n) is 7.63. The molecule has 0 aromatic heterocycles. The van der Waals surface area contributed by atoms with Crippen LogP contribution in [-0.2, 0) is 33.3 Å². The normalized spacial score (nSPS) is 24.3. The fourth-order valence-corrected chi connectivity index (χ4v) is 7.63. The van der Waals surface area contributed by atoms with E-state index in [1.165, 1.54) is 13.8 Å². The van der Waals surface area contributed by atoms with E-state index in [0.29, 0.717) is 12.8 Å².